The molecule has 0 aliphatic carbocycles. The number of benzene rings is 2. The lowest BCUT2D eigenvalue weighted by Crippen LogP contribution is -2.46. The number of carbonyl (C=O) groups excluding carboxylic acids is 1. The smallest absolute Gasteiger partial charge is 0.416 e. The van der Waals surface area contributed by atoms with Crippen molar-refractivity contribution in [1.29, 1.82) is 5.26 Å². The third-order valence-electron chi connectivity index (χ3n) is 6.39. The summed E-state index contributed by atoms with van der Waals surface area (Å²) in [6, 6.07) is 12.2. The van der Waals surface area contributed by atoms with Crippen molar-refractivity contribution in [3.05, 3.63) is 59.2 Å². The molecule has 1 spiro atoms. The van der Waals surface area contributed by atoms with Gasteiger partial charge < -0.3 is 19.7 Å². The molecule has 2 aliphatic heterocycles. The van der Waals surface area contributed by atoms with Gasteiger partial charge in [-0.1, -0.05) is 18.2 Å². The first-order valence-electron chi connectivity index (χ1n) is 11.3. The highest BCUT2D eigenvalue weighted by Crippen LogP contribution is 2.35. The summed E-state index contributed by atoms with van der Waals surface area (Å²) in [6.07, 6.45) is -2.43. The molecule has 0 unspecified atom stereocenters. The minimum atomic E-state index is -4.46. The van der Waals surface area contributed by atoms with E-state index in [0.29, 0.717) is 35.4 Å². The zero-order chi connectivity index (χ0) is 24.2. The zero-order valence-electron chi connectivity index (χ0n) is 18.7. The number of nitriles is 1. The van der Waals surface area contributed by atoms with Crippen molar-refractivity contribution in [3.8, 4) is 17.2 Å². The molecule has 0 radical (unpaired) electrons. The molecule has 0 saturated carbocycles. The van der Waals surface area contributed by atoms with Gasteiger partial charge in [0.25, 0.3) is 0 Å². The number of alkyl carbamates (subject to hydrolysis) is 1. The van der Waals surface area contributed by atoms with Gasteiger partial charge in [0, 0.05) is 39.1 Å². The van der Waals surface area contributed by atoms with Crippen LogP contribution in [0.5, 0.6) is 0 Å². The monoisotopic (exact) mass is 473 g/mol. The number of rotatable bonds is 7. The van der Waals surface area contributed by atoms with Crippen LogP contribution in [0.25, 0.3) is 11.1 Å². The molecule has 0 bridgehead atoms. The molecule has 180 valence electrons. The van der Waals surface area contributed by atoms with Crippen LogP contribution in [-0.2, 0) is 22.3 Å². The maximum absolute atomic E-state index is 13.3. The number of hydrogen-bond acceptors (Lipinski definition) is 5. The molecule has 34 heavy (non-hydrogen) atoms. The van der Waals surface area contributed by atoms with E-state index in [2.05, 4.69) is 10.2 Å². The second-order valence-electron chi connectivity index (χ2n) is 8.74. The van der Waals surface area contributed by atoms with Gasteiger partial charge in [-0.25, -0.2) is 4.79 Å². The van der Waals surface area contributed by atoms with Crippen LogP contribution in [0.3, 0.4) is 0 Å². The maximum Gasteiger partial charge on any atom is 0.416 e. The van der Waals surface area contributed by atoms with Crippen molar-refractivity contribution in [1.82, 2.24) is 10.2 Å². The van der Waals surface area contributed by atoms with E-state index in [1.54, 1.807) is 24.3 Å². The topological polar surface area (TPSA) is 74.6 Å². The third kappa shape index (κ3) is 5.69. The molecule has 2 heterocycles. The SMILES string of the molecule is N#Cc1cccc(-c2cc(C(F)(F)F)ccc2COCCCN2CCC3(CC2)CNC(=O)O3)c1. The van der Waals surface area contributed by atoms with Crippen LogP contribution >= 0.6 is 0 Å². The predicted molar refractivity (Wildman–Crippen MR) is 119 cm³/mol. The van der Waals surface area contributed by atoms with Gasteiger partial charge in [0.1, 0.15) is 5.60 Å². The van der Waals surface area contributed by atoms with E-state index in [4.69, 9.17) is 14.7 Å². The summed E-state index contributed by atoms with van der Waals surface area (Å²) in [6.45, 7) is 3.73. The molecule has 0 aromatic heterocycles. The van der Waals surface area contributed by atoms with Gasteiger partial charge in [0.05, 0.1) is 30.3 Å². The van der Waals surface area contributed by atoms with Crippen molar-refractivity contribution in [2.75, 3.05) is 32.8 Å². The van der Waals surface area contributed by atoms with Crippen LogP contribution in [0.4, 0.5) is 18.0 Å². The number of amides is 1. The van der Waals surface area contributed by atoms with E-state index in [1.807, 2.05) is 6.07 Å². The quantitative estimate of drug-likeness (QED) is 0.589. The Morgan fingerprint density at radius 3 is 2.65 bits per heavy atom. The number of piperidine rings is 1. The van der Waals surface area contributed by atoms with Crippen LogP contribution in [0, 0.1) is 11.3 Å². The summed E-state index contributed by atoms with van der Waals surface area (Å²) >= 11 is 0. The normalized spacial score (nSPS) is 17.9. The first kappa shape index (κ1) is 24.0. The predicted octanol–water partition coefficient (Wildman–Crippen LogP) is 4.73. The fraction of sp³-hybridized carbons (Fsp3) is 0.440. The van der Waals surface area contributed by atoms with Gasteiger partial charge in [0.15, 0.2) is 0 Å². The lowest BCUT2D eigenvalue weighted by molar-refractivity contribution is -0.137. The Morgan fingerprint density at radius 1 is 1.18 bits per heavy atom. The van der Waals surface area contributed by atoms with Crippen LogP contribution in [0.2, 0.25) is 0 Å². The maximum atomic E-state index is 13.3. The van der Waals surface area contributed by atoms with Crippen molar-refractivity contribution in [2.45, 2.75) is 37.6 Å². The van der Waals surface area contributed by atoms with Gasteiger partial charge in [-0.2, -0.15) is 18.4 Å². The number of halogens is 3. The Balaban J connectivity index is 1.32. The molecule has 0 atom stereocenters. The average Bonchev–Trinajstić information content (AvgIpc) is 3.19. The fourth-order valence-electron chi connectivity index (χ4n) is 4.44. The van der Waals surface area contributed by atoms with Crippen molar-refractivity contribution < 1.29 is 27.4 Å². The van der Waals surface area contributed by atoms with Gasteiger partial charge in [-0.3, -0.25) is 0 Å². The Kier molecular flexibility index (Phi) is 7.10. The third-order valence-corrected chi connectivity index (χ3v) is 6.39. The number of hydrogen-bond donors (Lipinski definition) is 1. The Hall–Kier alpha value is -3.09. The first-order chi connectivity index (χ1) is 16.3. The number of alkyl halides is 3. The summed E-state index contributed by atoms with van der Waals surface area (Å²) in [5.41, 5.74) is 0.874. The average molecular weight is 473 g/mol. The zero-order valence-corrected chi connectivity index (χ0v) is 18.7. The van der Waals surface area contributed by atoms with E-state index in [0.717, 1.165) is 51.0 Å². The van der Waals surface area contributed by atoms with Crippen molar-refractivity contribution in [2.24, 2.45) is 0 Å². The van der Waals surface area contributed by atoms with Crippen molar-refractivity contribution in [3.63, 3.8) is 0 Å². The number of likely N-dealkylation sites (tertiary alicyclic amines) is 1. The number of nitrogens with one attached hydrogen (secondary N) is 1. The highest BCUT2D eigenvalue weighted by atomic mass is 19.4. The molecule has 2 aromatic rings. The summed E-state index contributed by atoms with van der Waals surface area (Å²) < 4.78 is 51.1. The van der Waals surface area contributed by atoms with Gasteiger partial charge in [-0.05, 0) is 47.4 Å². The molecular formula is C25H26F3N3O3. The fourth-order valence-corrected chi connectivity index (χ4v) is 4.44. The summed E-state index contributed by atoms with van der Waals surface area (Å²) in [7, 11) is 0. The molecule has 2 saturated heterocycles. The Labute approximate surface area is 196 Å². The van der Waals surface area contributed by atoms with E-state index >= 15 is 0 Å². The number of ether oxygens (including phenoxy) is 2. The highest BCUT2D eigenvalue weighted by Gasteiger charge is 2.42. The molecule has 1 amide bonds. The minimum Gasteiger partial charge on any atom is -0.441 e. The van der Waals surface area contributed by atoms with Gasteiger partial charge in [0.2, 0.25) is 0 Å². The van der Waals surface area contributed by atoms with Crippen LogP contribution in [-0.4, -0.2) is 49.4 Å². The van der Waals surface area contributed by atoms with E-state index < -0.39 is 11.7 Å². The van der Waals surface area contributed by atoms with E-state index in [1.165, 1.54) is 6.07 Å². The summed E-state index contributed by atoms with van der Waals surface area (Å²) in [4.78, 5) is 13.6. The number of carbonyl (C=O) groups is 1. The van der Waals surface area contributed by atoms with E-state index in [9.17, 15) is 18.0 Å². The molecule has 2 aliphatic rings. The minimum absolute atomic E-state index is 0.176. The summed E-state index contributed by atoms with van der Waals surface area (Å²) in [5, 5.41) is 11.9. The largest absolute Gasteiger partial charge is 0.441 e. The molecule has 2 aromatic carbocycles. The lowest BCUT2D eigenvalue weighted by Gasteiger charge is -2.37. The first-order valence-corrected chi connectivity index (χ1v) is 11.3. The van der Waals surface area contributed by atoms with E-state index in [-0.39, 0.29) is 18.3 Å². The standard InChI is InChI=1S/C25H26F3N3O3/c26-25(27,28)21-6-5-20(22(14-21)19-4-1-3-18(13-19)15-29)16-33-12-2-9-31-10-7-24(8-11-31)17-30-23(32)34-24/h1,3-6,13-14H,2,7-12,16-17H2,(H,30,32). The number of nitrogens with zero attached hydrogens (tertiary/aromatic N) is 2. The van der Waals surface area contributed by atoms with Crippen LogP contribution < -0.4 is 5.32 Å². The summed E-state index contributed by atoms with van der Waals surface area (Å²) in [5.74, 6) is 0. The lowest BCUT2D eigenvalue weighted by atomic mass is 9.91. The molecule has 4 rings (SSSR count). The Morgan fingerprint density at radius 2 is 1.97 bits per heavy atom. The van der Waals surface area contributed by atoms with Gasteiger partial charge in [-0.15, -0.1) is 0 Å². The molecule has 2 fully saturated rings. The van der Waals surface area contributed by atoms with Crippen molar-refractivity contribution >= 4 is 6.09 Å². The molecule has 6 nitrogen and oxygen atoms in total. The molecule has 1 N–H and O–H groups in total. The molecular weight excluding hydrogens is 447 g/mol. The second-order valence-corrected chi connectivity index (χ2v) is 8.74. The second kappa shape index (κ2) is 10.0. The van der Waals surface area contributed by atoms with Gasteiger partial charge >= 0.3 is 12.3 Å². The van der Waals surface area contributed by atoms with Crippen LogP contribution in [0.15, 0.2) is 42.5 Å². The van der Waals surface area contributed by atoms with Crippen LogP contribution in [0.1, 0.15) is 36.0 Å². The molecule has 9 heteroatoms. The highest BCUT2D eigenvalue weighted by molar-refractivity contribution is 5.70. The Bertz CT molecular complexity index is 1070.